The zero-order chi connectivity index (χ0) is 30.0. The van der Waals surface area contributed by atoms with E-state index in [1.807, 2.05) is 48.5 Å². The van der Waals surface area contributed by atoms with Crippen molar-refractivity contribution in [3.05, 3.63) is 118 Å². The number of amides is 3. The Kier molecular flexibility index (Phi) is 8.22. The Morgan fingerprint density at radius 2 is 1.19 bits per heavy atom. The number of hydrogen-bond donors (Lipinski definition) is 3. The van der Waals surface area contributed by atoms with Gasteiger partial charge in [-0.05, 0) is 64.6 Å². The minimum Gasteiger partial charge on any atom is -0.480 e. The van der Waals surface area contributed by atoms with Crippen LogP contribution in [0.1, 0.15) is 18.1 Å². The van der Waals surface area contributed by atoms with Crippen LogP contribution < -0.4 is 5.32 Å². The molecule has 3 N–H and O–H groups in total. The van der Waals surface area contributed by atoms with Crippen LogP contribution in [0.15, 0.2) is 97.1 Å². The Morgan fingerprint density at radius 3 is 1.55 bits per heavy atom. The van der Waals surface area contributed by atoms with Gasteiger partial charge < -0.3 is 20.3 Å². The van der Waals surface area contributed by atoms with Gasteiger partial charge in [0.25, 0.3) is 0 Å². The van der Waals surface area contributed by atoms with Crippen molar-refractivity contribution in [3.8, 4) is 22.3 Å². The summed E-state index contributed by atoms with van der Waals surface area (Å²) in [5, 5.41) is 25.0. The summed E-state index contributed by atoms with van der Waals surface area (Å²) < 4.78 is 5.62. The molecule has 0 saturated carbocycles. The molecule has 4 aromatic rings. The number of benzene rings is 4. The largest absolute Gasteiger partial charge is 0.480 e. The summed E-state index contributed by atoms with van der Waals surface area (Å²) in [6.07, 6.45) is -2.26. The molecule has 0 spiro atoms. The highest BCUT2D eigenvalue weighted by atomic mass is 35.5. The maximum absolute atomic E-state index is 13.0. The fourth-order valence-electron chi connectivity index (χ4n) is 4.89. The van der Waals surface area contributed by atoms with E-state index in [0.29, 0.717) is 26.1 Å². The van der Waals surface area contributed by atoms with Gasteiger partial charge in [0.15, 0.2) is 5.60 Å². The molecule has 1 unspecified atom stereocenters. The third kappa shape index (κ3) is 5.83. The first-order valence-corrected chi connectivity index (χ1v) is 13.8. The highest BCUT2D eigenvalue weighted by Gasteiger charge is 2.44. The van der Waals surface area contributed by atoms with Crippen molar-refractivity contribution in [3.63, 3.8) is 0 Å². The van der Waals surface area contributed by atoms with E-state index in [1.54, 1.807) is 48.5 Å². The number of aliphatic carboxylic acids is 1. The first-order chi connectivity index (χ1) is 20.1. The molecule has 4 aromatic carbocycles. The van der Waals surface area contributed by atoms with Crippen LogP contribution in [0.25, 0.3) is 22.3 Å². The zero-order valence-corrected chi connectivity index (χ0v) is 23.8. The third-order valence-corrected chi connectivity index (χ3v) is 7.80. The maximum atomic E-state index is 13.0. The fourth-order valence-corrected chi connectivity index (χ4v) is 5.14. The van der Waals surface area contributed by atoms with Crippen molar-refractivity contribution in [2.75, 3.05) is 6.54 Å². The SMILES string of the molecule is C[C@H](OC(=O)N1CC(C(=O)O)NC1=O)C(O)(c1ccc(-c2ccc(Cl)cc2)cc1)c1ccc(-c2ccc(Cl)cc2)cc1. The molecule has 0 bridgehead atoms. The topological polar surface area (TPSA) is 116 Å². The molecule has 0 radical (unpaired) electrons. The molecule has 8 nitrogen and oxygen atoms in total. The number of urea groups is 1. The van der Waals surface area contributed by atoms with E-state index in [1.165, 1.54) is 6.92 Å². The van der Waals surface area contributed by atoms with Crippen LogP contribution in [-0.4, -0.2) is 51.9 Å². The second kappa shape index (κ2) is 11.9. The molecule has 10 heteroatoms. The van der Waals surface area contributed by atoms with Gasteiger partial charge in [-0.15, -0.1) is 0 Å². The Balaban J connectivity index is 1.48. The van der Waals surface area contributed by atoms with Crippen molar-refractivity contribution in [1.82, 2.24) is 10.2 Å². The van der Waals surface area contributed by atoms with E-state index in [4.69, 9.17) is 27.9 Å². The third-order valence-electron chi connectivity index (χ3n) is 7.30. The number of carbonyl (C=O) groups is 3. The van der Waals surface area contributed by atoms with Gasteiger partial charge in [-0.2, -0.15) is 0 Å². The highest BCUT2D eigenvalue weighted by Crippen LogP contribution is 2.37. The number of hydrogen-bond acceptors (Lipinski definition) is 5. The van der Waals surface area contributed by atoms with Crippen molar-refractivity contribution >= 4 is 41.3 Å². The Labute approximate surface area is 252 Å². The average Bonchev–Trinajstić information content (AvgIpc) is 3.40. The number of ether oxygens (including phenoxy) is 1. The smallest absolute Gasteiger partial charge is 0.418 e. The van der Waals surface area contributed by atoms with E-state index < -0.39 is 42.4 Å². The lowest BCUT2D eigenvalue weighted by atomic mass is 9.81. The van der Waals surface area contributed by atoms with Crippen LogP contribution in [0.5, 0.6) is 0 Å². The van der Waals surface area contributed by atoms with Crippen molar-refractivity contribution in [2.24, 2.45) is 0 Å². The van der Waals surface area contributed by atoms with Crippen molar-refractivity contribution < 1.29 is 29.3 Å². The summed E-state index contributed by atoms with van der Waals surface area (Å²) in [7, 11) is 0. The van der Waals surface area contributed by atoms with Crippen LogP contribution in [-0.2, 0) is 15.1 Å². The number of carboxylic acid groups (broad SMARTS) is 1. The first-order valence-electron chi connectivity index (χ1n) is 13.0. The van der Waals surface area contributed by atoms with Gasteiger partial charge in [0, 0.05) is 10.0 Å². The predicted molar refractivity (Wildman–Crippen MR) is 159 cm³/mol. The van der Waals surface area contributed by atoms with Crippen LogP contribution in [0, 0.1) is 0 Å². The quantitative estimate of drug-likeness (QED) is 0.220. The number of nitrogens with one attached hydrogen (secondary N) is 1. The highest BCUT2D eigenvalue weighted by molar-refractivity contribution is 6.30. The lowest BCUT2D eigenvalue weighted by Crippen LogP contribution is -2.45. The Bertz CT molecular complexity index is 1520. The molecule has 0 aromatic heterocycles. The Hall–Kier alpha value is -4.37. The number of nitrogens with zero attached hydrogens (tertiary/aromatic N) is 1. The fraction of sp³-hybridized carbons (Fsp3) is 0.156. The van der Waals surface area contributed by atoms with Gasteiger partial charge in [-0.3, -0.25) is 0 Å². The van der Waals surface area contributed by atoms with Crippen LogP contribution in [0.4, 0.5) is 9.59 Å². The zero-order valence-electron chi connectivity index (χ0n) is 22.3. The van der Waals surface area contributed by atoms with Crippen LogP contribution >= 0.6 is 23.2 Å². The predicted octanol–water partition coefficient (Wildman–Crippen LogP) is 6.57. The summed E-state index contributed by atoms with van der Waals surface area (Å²) in [5.41, 5.74) is 2.66. The Morgan fingerprint density at radius 1 is 0.810 bits per heavy atom. The molecule has 1 aliphatic rings. The van der Waals surface area contributed by atoms with Gasteiger partial charge in [0.05, 0.1) is 6.54 Å². The number of rotatable bonds is 7. The summed E-state index contributed by atoms with van der Waals surface area (Å²) in [5.74, 6) is -1.27. The number of halogens is 2. The van der Waals surface area contributed by atoms with E-state index in [2.05, 4.69) is 5.32 Å². The maximum Gasteiger partial charge on any atom is 0.418 e. The molecule has 2 atom stereocenters. The van der Waals surface area contributed by atoms with Gasteiger partial charge in [0.1, 0.15) is 12.1 Å². The molecule has 5 rings (SSSR count). The summed E-state index contributed by atoms with van der Waals surface area (Å²) >= 11 is 12.1. The van der Waals surface area contributed by atoms with E-state index in [0.717, 1.165) is 22.3 Å². The van der Waals surface area contributed by atoms with Crippen LogP contribution in [0.3, 0.4) is 0 Å². The molecule has 3 amide bonds. The minimum absolute atomic E-state index is 0.399. The van der Waals surface area contributed by atoms with Crippen LogP contribution in [0.2, 0.25) is 10.0 Å². The minimum atomic E-state index is -1.84. The van der Waals surface area contributed by atoms with E-state index in [9.17, 15) is 24.6 Å². The van der Waals surface area contributed by atoms with Gasteiger partial charge in [0.2, 0.25) is 0 Å². The van der Waals surface area contributed by atoms with Crippen molar-refractivity contribution in [1.29, 1.82) is 0 Å². The number of imide groups is 1. The molecule has 214 valence electrons. The van der Waals surface area contributed by atoms with Gasteiger partial charge in [-0.25, -0.2) is 19.3 Å². The number of carboxylic acids is 1. The van der Waals surface area contributed by atoms with Gasteiger partial charge >= 0.3 is 18.1 Å². The molecular weight excluding hydrogens is 579 g/mol. The van der Waals surface area contributed by atoms with Crippen molar-refractivity contribution in [2.45, 2.75) is 24.7 Å². The standard InChI is InChI=1S/C32H26Cl2N2O6/c1-19(42-31(40)36-18-28(29(37)38)35-30(36)39)32(41,24-10-2-20(3-11-24)22-6-14-26(33)15-7-22)25-12-4-21(5-13-25)23-8-16-27(34)17-9-23/h2-17,19,28,41H,18H2,1H3,(H,35,39)(H,37,38)/t19-,28?/m0/s1. The second-order valence-electron chi connectivity index (χ2n) is 9.91. The number of carbonyl (C=O) groups excluding carboxylic acids is 2. The molecule has 1 fully saturated rings. The lowest BCUT2D eigenvalue weighted by Gasteiger charge is -2.35. The monoisotopic (exact) mass is 604 g/mol. The molecular formula is C32H26Cl2N2O6. The van der Waals surface area contributed by atoms with E-state index in [-0.39, 0.29) is 0 Å². The molecule has 1 saturated heterocycles. The molecule has 42 heavy (non-hydrogen) atoms. The first kappa shape index (κ1) is 29.1. The number of aliphatic hydroxyl groups is 1. The van der Waals surface area contributed by atoms with Gasteiger partial charge in [-0.1, -0.05) is 96.0 Å². The summed E-state index contributed by atoms with van der Waals surface area (Å²) in [6.45, 7) is 1.12. The molecule has 1 heterocycles. The lowest BCUT2D eigenvalue weighted by molar-refractivity contribution is -0.138. The van der Waals surface area contributed by atoms with E-state index >= 15 is 0 Å². The summed E-state index contributed by atoms with van der Waals surface area (Å²) in [4.78, 5) is 37.2. The second-order valence-corrected chi connectivity index (χ2v) is 10.8. The normalized spacial score (nSPS) is 15.7. The molecule has 1 aliphatic heterocycles. The summed E-state index contributed by atoms with van der Waals surface area (Å²) in [6, 6.07) is 26.9. The molecule has 0 aliphatic carbocycles. The average molecular weight is 605 g/mol.